The third-order valence-corrected chi connectivity index (χ3v) is 8.34. The van der Waals surface area contributed by atoms with Crippen molar-refractivity contribution >= 4 is 17.7 Å². The van der Waals surface area contributed by atoms with Crippen LogP contribution < -0.4 is 10.6 Å². The lowest BCUT2D eigenvalue weighted by Gasteiger charge is -2.32. The van der Waals surface area contributed by atoms with Gasteiger partial charge in [-0.25, -0.2) is 8.78 Å². The maximum absolute atomic E-state index is 14.8. The Morgan fingerprint density at radius 1 is 1.02 bits per heavy atom. The Balaban J connectivity index is 1.37. The van der Waals surface area contributed by atoms with E-state index in [2.05, 4.69) is 10.6 Å². The van der Waals surface area contributed by atoms with E-state index in [0.29, 0.717) is 17.5 Å². The van der Waals surface area contributed by atoms with Crippen LogP contribution in [0.25, 0.3) is 0 Å². The first-order valence-electron chi connectivity index (χ1n) is 14.4. The molecule has 0 unspecified atom stereocenters. The number of amides is 3. The van der Waals surface area contributed by atoms with Crippen molar-refractivity contribution < 1.29 is 33.4 Å². The van der Waals surface area contributed by atoms with Gasteiger partial charge in [-0.3, -0.25) is 14.4 Å². The fourth-order valence-electron chi connectivity index (χ4n) is 6.02. The lowest BCUT2D eigenvalue weighted by Crippen LogP contribution is -2.56. The number of phenols is 1. The summed E-state index contributed by atoms with van der Waals surface area (Å²) >= 11 is 0. The Bertz CT molecular complexity index is 1500. The first-order valence-corrected chi connectivity index (χ1v) is 14.4. The van der Waals surface area contributed by atoms with E-state index in [1.54, 1.807) is 37.3 Å². The summed E-state index contributed by atoms with van der Waals surface area (Å²) < 4.78 is 29.5. The third-order valence-electron chi connectivity index (χ3n) is 8.34. The van der Waals surface area contributed by atoms with E-state index in [4.69, 9.17) is 0 Å². The number of likely N-dealkylation sites (tertiary alicyclic amines) is 1. The number of nitrogens with one attached hydrogen (secondary N) is 2. The number of carbonyl (C=O) groups excluding carboxylic acids is 3. The van der Waals surface area contributed by atoms with Gasteiger partial charge in [0.25, 0.3) is 17.7 Å². The van der Waals surface area contributed by atoms with E-state index < -0.39 is 54.8 Å². The van der Waals surface area contributed by atoms with Gasteiger partial charge in [0.15, 0.2) is 6.10 Å². The highest BCUT2D eigenvalue weighted by atomic mass is 19.3. The number of halogens is 2. The molecule has 10 heteroatoms. The Hall–Kier alpha value is -4.31. The van der Waals surface area contributed by atoms with Crippen LogP contribution in [-0.2, 0) is 22.4 Å². The second-order valence-corrected chi connectivity index (χ2v) is 11.4. The van der Waals surface area contributed by atoms with Crippen LogP contribution in [0.2, 0.25) is 0 Å². The molecule has 43 heavy (non-hydrogen) atoms. The predicted molar refractivity (Wildman–Crippen MR) is 156 cm³/mol. The lowest BCUT2D eigenvalue weighted by molar-refractivity contribution is -0.147. The van der Waals surface area contributed by atoms with Crippen molar-refractivity contribution in [3.8, 4) is 5.75 Å². The van der Waals surface area contributed by atoms with Gasteiger partial charge in [0.05, 0.1) is 18.6 Å². The van der Waals surface area contributed by atoms with E-state index in [1.807, 2.05) is 24.3 Å². The van der Waals surface area contributed by atoms with Crippen molar-refractivity contribution in [2.24, 2.45) is 0 Å². The standard InChI is InChI=1S/C33H35F2N3O5/c1-20-23(14-8-16-28(20)39)30(41)37-26(17-21-9-3-2-4-10-21)29(40)32(43)38-19-33(34,35)18-27(38)31(42)36-25-15-7-12-22-11-5-6-13-24(22)25/h2-6,8-11,13-14,16,25-27,29,39-40H,7,12,15,17-19H2,1H3,(H,36,42)(H,37,41)/t25-,26-,27-,29-/m0/s1. The zero-order valence-corrected chi connectivity index (χ0v) is 23.8. The average molecular weight is 592 g/mol. The number of phenolic OH excluding ortho intramolecular Hbond substituents is 1. The second kappa shape index (κ2) is 12.5. The number of aliphatic hydroxyl groups excluding tert-OH is 1. The van der Waals surface area contributed by atoms with Crippen molar-refractivity contribution in [1.29, 1.82) is 0 Å². The number of carbonyl (C=O) groups is 3. The Morgan fingerprint density at radius 3 is 2.51 bits per heavy atom. The molecule has 5 rings (SSSR count). The first kappa shape index (κ1) is 30.2. The minimum Gasteiger partial charge on any atom is -0.508 e. The van der Waals surface area contributed by atoms with E-state index >= 15 is 0 Å². The second-order valence-electron chi connectivity index (χ2n) is 11.4. The van der Waals surface area contributed by atoms with Crippen LogP contribution in [0.3, 0.4) is 0 Å². The summed E-state index contributed by atoms with van der Waals surface area (Å²) in [5, 5.41) is 26.9. The Morgan fingerprint density at radius 2 is 1.74 bits per heavy atom. The van der Waals surface area contributed by atoms with Crippen LogP contribution in [0, 0.1) is 6.92 Å². The maximum Gasteiger partial charge on any atom is 0.267 e. The highest BCUT2D eigenvalue weighted by molar-refractivity contribution is 5.97. The summed E-state index contributed by atoms with van der Waals surface area (Å²) in [6, 6.07) is 17.8. The third kappa shape index (κ3) is 6.69. The number of fused-ring (bicyclic) bond motifs is 1. The zero-order valence-electron chi connectivity index (χ0n) is 23.8. The molecule has 3 amide bonds. The Kier molecular flexibility index (Phi) is 8.77. The topological polar surface area (TPSA) is 119 Å². The van der Waals surface area contributed by atoms with Crippen molar-refractivity contribution in [2.75, 3.05) is 6.54 Å². The number of aryl methyl sites for hydroxylation is 1. The molecular weight excluding hydrogens is 556 g/mol. The number of alkyl halides is 2. The van der Waals surface area contributed by atoms with Gasteiger partial charge < -0.3 is 25.7 Å². The van der Waals surface area contributed by atoms with Crippen molar-refractivity contribution in [3.05, 3.63) is 101 Å². The maximum atomic E-state index is 14.8. The van der Waals surface area contributed by atoms with Gasteiger partial charge >= 0.3 is 0 Å². The van der Waals surface area contributed by atoms with Crippen molar-refractivity contribution in [3.63, 3.8) is 0 Å². The normalized spacial score (nSPS) is 20.5. The molecule has 1 fully saturated rings. The van der Waals surface area contributed by atoms with Gasteiger partial charge in [0, 0.05) is 17.5 Å². The molecule has 1 saturated heterocycles. The first-order chi connectivity index (χ1) is 20.5. The fourth-order valence-corrected chi connectivity index (χ4v) is 6.02. The summed E-state index contributed by atoms with van der Waals surface area (Å²) in [5.74, 6) is -5.87. The molecule has 0 radical (unpaired) electrons. The molecule has 1 aliphatic heterocycles. The molecule has 0 bridgehead atoms. The lowest BCUT2D eigenvalue weighted by atomic mass is 9.87. The summed E-state index contributed by atoms with van der Waals surface area (Å²) in [7, 11) is 0. The summed E-state index contributed by atoms with van der Waals surface area (Å²) in [6.07, 6.45) is -0.467. The van der Waals surface area contributed by atoms with Crippen LogP contribution in [0.4, 0.5) is 8.78 Å². The number of benzene rings is 3. The minimum absolute atomic E-state index is 0.0112. The summed E-state index contributed by atoms with van der Waals surface area (Å²) in [4.78, 5) is 41.1. The number of aromatic hydroxyl groups is 1. The van der Waals surface area contributed by atoms with Gasteiger partial charge in [-0.2, -0.15) is 0 Å². The SMILES string of the molecule is Cc1c(O)cccc1C(=O)N[C@@H](Cc1ccccc1)[C@H](O)C(=O)N1CC(F)(F)C[C@H]1C(=O)N[C@H]1CCCc2ccccc21. The molecule has 0 saturated carbocycles. The molecule has 3 aromatic rings. The van der Waals surface area contributed by atoms with Gasteiger partial charge in [-0.1, -0.05) is 60.7 Å². The molecule has 4 N–H and O–H groups in total. The largest absolute Gasteiger partial charge is 0.508 e. The number of nitrogens with zero attached hydrogens (tertiary/aromatic N) is 1. The molecule has 3 aromatic carbocycles. The summed E-state index contributed by atoms with van der Waals surface area (Å²) in [5.41, 5.74) is 3.14. The van der Waals surface area contributed by atoms with E-state index in [-0.39, 0.29) is 23.8 Å². The molecule has 1 aliphatic carbocycles. The van der Waals surface area contributed by atoms with Crippen LogP contribution >= 0.6 is 0 Å². The van der Waals surface area contributed by atoms with E-state index in [9.17, 15) is 33.4 Å². The molecule has 226 valence electrons. The Labute approximate surface area is 248 Å². The van der Waals surface area contributed by atoms with Crippen LogP contribution in [0.15, 0.2) is 72.8 Å². The van der Waals surface area contributed by atoms with Gasteiger partial charge in [-0.15, -0.1) is 0 Å². The number of aliphatic hydroxyl groups is 1. The van der Waals surface area contributed by atoms with E-state index in [1.165, 1.54) is 18.2 Å². The van der Waals surface area contributed by atoms with Crippen molar-refractivity contribution in [2.45, 2.75) is 69.2 Å². The molecule has 0 aromatic heterocycles. The van der Waals surface area contributed by atoms with Gasteiger partial charge in [-0.05, 0) is 61.4 Å². The van der Waals surface area contributed by atoms with Crippen LogP contribution in [0.1, 0.15) is 57.9 Å². The number of hydrogen-bond acceptors (Lipinski definition) is 5. The predicted octanol–water partition coefficient (Wildman–Crippen LogP) is 3.83. The molecule has 2 aliphatic rings. The molecule has 8 nitrogen and oxygen atoms in total. The minimum atomic E-state index is -3.33. The van der Waals surface area contributed by atoms with Crippen LogP contribution in [-0.4, -0.2) is 63.5 Å². The molecule has 0 spiro atoms. The highest BCUT2D eigenvalue weighted by Gasteiger charge is 2.52. The zero-order chi connectivity index (χ0) is 30.7. The monoisotopic (exact) mass is 591 g/mol. The highest BCUT2D eigenvalue weighted by Crippen LogP contribution is 2.35. The van der Waals surface area contributed by atoms with Gasteiger partial charge in [0.2, 0.25) is 5.91 Å². The smallest absolute Gasteiger partial charge is 0.267 e. The molecular formula is C33H35F2N3O5. The van der Waals surface area contributed by atoms with E-state index in [0.717, 1.165) is 28.9 Å². The van der Waals surface area contributed by atoms with Crippen LogP contribution in [0.5, 0.6) is 5.75 Å². The quantitative estimate of drug-likeness (QED) is 0.318. The molecule has 1 heterocycles. The fraction of sp³-hybridized carbons (Fsp3) is 0.364. The summed E-state index contributed by atoms with van der Waals surface area (Å²) in [6.45, 7) is 0.526. The number of rotatable bonds is 8. The van der Waals surface area contributed by atoms with Crippen molar-refractivity contribution in [1.82, 2.24) is 15.5 Å². The molecule has 4 atom stereocenters. The average Bonchev–Trinajstić information content (AvgIpc) is 3.33. The van der Waals surface area contributed by atoms with Gasteiger partial charge in [0.1, 0.15) is 11.8 Å². The number of hydrogen-bond donors (Lipinski definition) is 4.